The largest absolute Gasteiger partial charge is 0.485 e. The molecule has 0 saturated heterocycles. The van der Waals surface area contributed by atoms with E-state index >= 15 is 0 Å². The van der Waals surface area contributed by atoms with E-state index in [-0.39, 0.29) is 34.3 Å². The van der Waals surface area contributed by atoms with Crippen molar-refractivity contribution in [3.8, 4) is 33.2 Å². The van der Waals surface area contributed by atoms with E-state index in [0.717, 1.165) is 10.4 Å². The van der Waals surface area contributed by atoms with E-state index in [1.54, 1.807) is 60.1 Å². The summed E-state index contributed by atoms with van der Waals surface area (Å²) in [4.78, 5) is 59.6. The normalized spacial score (nSPS) is 16.1. The van der Waals surface area contributed by atoms with Crippen molar-refractivity contribution in [3.05, 3.63) is 121 Å². The molecule has 9 heteroatoms. The number of ketones is 4. The summed E-state index contributed by atoms with van der Waals surface area (Å²) >= 11 is 2.67. The van der Waals surface area contributed by atoms with E-state index in [2.05, 4.69) is 4.98 Å². The first kappa shape index (κ1) is 26.4. The lowest BCUT2D eigenvalue weighted by atomic mass is 10.0. The minimum atomic E-state index is -0.357. The number of carbonyl (C=O) groups is 4. The lowest BCUT2D eigenvalue weighted by Crippen LogP contribution is -2.15. The average Bonchev–Trinajstić information content (AvgIpc) is 3.80. The summed E-state index contributed by atoms with van der Waals surface area (Å²) in [6, 6.07) is 21.5. The van der Waals surface area contributed by atoms with Crippen LogP contribution >= 0.6 is 22.7 Å². The number of thiazole rings is 1. The van der Waals surface area contributed by atoms with Gasteiger partial charge in [0.05, 0.1) is 37.0 Å². The van der Waals surface area contributed by atoms with E-state index in [0.29, 0.717) is 68.0 Å². The molecule has 8 rings (SSSR count). The SMILES string of the molecule is O=C1C(=Cc2sc(-c3ccc4c(c3)C(=O)/C(=C/c3scnc3-c3ccccc3)C4=O)c3c2OCCO3)C(=O)c2ccccc21. The Morgan fingerprint density at radius 1 is 0.614 bits per heavy atom. The molecule has 5 aromatic rings. The highest BCUT2D eigenvalue weighted by atomic mass is 32.1. The Morgan fingerprint density at radius 2 is 1.20 bits per heavy atom. The first-order valence-electron chi connectivity index (χ1n) is 13.8. The Morgan fingerprint density at radius 3 is 1.91 bits per heavy atom. The molecule has 2 aliphatic carbocycles. The van der Waals surface area contributed by atoms with Gasteiger partial charge in [0.1, 0.15) is 13.2 Å². The fraction of sp³-hybridized carbons (Fsp3) is 0.0571. The molecule has 3 heterocycles. The van der Waals surface area contributed by atoms with Crippen LogP contribution in [0, 0.1) is 0 Å². The Hall–Kier alpha value is -5.25. The predicted octanol–water partition coefficient (Wildman–Crippen LogP) is 7.24. The number of rotatable bonds is 4. The smallest absolute Gasteiger partial charge is 0.197 e. The number of Topliss-reactive ketones (excluding diaryl/α,β-unsaturated/α-hetero) is 4. The number of thiophene rings is 1. The average molecular weight is 614 g/mol. The number of fused-ring (bicyclic) bond motifs is 3. The van der Waals surface area contributed by atoms with Crippen molar-refractivity contribution in [2.75, 3.05) is 13.2 Å². The summed E-state index contributed by atoms with van der Waals surface area (Å²) in [6.45, 7) is 0.638. The predicted molar refractivity (Wildman–Crippen MR) is 168 cm³/mol. The highest BCUT2D eigenvalue weighted by molar-refractivity contribution is 7.17. The van der Waals surface area contributed by atoms with E-state index in [9.17, 15) is 19.2 Å². The second-order valence-corrected chi connectivity index (χ2v) is 12.3. The van der Waals surface area contributed by atoms with Crippen molar-refractivity contribution < 1.29 is 28.7 Å². The molecule has 212 valence electrons. The first-order chi connectivity index (χ1) is 21.5. The van der Waals surface area contributed by atoms with Gasteiger partial charge in [0.25, 0.3) is 0 Å². The highest BCUT2D eigenvalue weighted by Gasteiger charge is 2.36. The summed E-state index contributed by atoms with van der Waals surface area (Å²) < 4.78 is 12.0. The molecule has 0 saturated carbocycles. The standard InChI is InChI=1S/C35H19NO6S2/c37-29-20-8-4-5-9-21(20)30(38)25(29)16-27-33-34(42-13-12-41-33)35(44-27)19-10-11-22-23(14-19)32(40)24(31(22)39)15-26-28(36-17-43-26)18-6-2-1-3-7-18/h1-11,14-17H,12-13H2/b24-15+. The highest BCUT2D eigenvalue weighted by Crippen LogP contribution is 2.51. The van der Waals surface area contributed by atoms with Gasteiger partial charge >= 0.3 is 0 Å². The van der Waals surface area contributed by atoms with Gasteiger partial charge in [-0.3, -0.25) is 19.2 Å². The number of hydrogen-bond acceptors (Lipinski definition) is 9. The number of allylic oxidation sites excluding steroid dienone is 2. The first-order valence-corrected chi connectivity index (χ1v) is 15.5. The van der Waals surface area contributed by atoms with Crippen LogP contribution in [0.25, 0.3) is 33.9 Å². The number of carbonyl (C=O) groups excluding carboxylic acids is 4. The molecule has 0 fully saturated rings. The van der Waals surface area contributed by atoms with Crippen molar-refractivity contribution in [1.82, 2.24) is 4.98 Å². The maximum Gasteiger partial charge on any atom is 0.197 e. The van der Waals surface area contributed by atoms with Crippen molar-refractivity contribution in [3.63, 3.8) is 0 Å². The summed E-state index contributed by atoms with van der Waals surface area (Å²) in [5.74, 6) is -0.425. The van der Waals surface area contributed by atoms with Gasteiger partial charge in [0.2, 0.25) is 0 Å². The van der Waals surface area contributed by atoms with Crippen LogP contribution in [0.4, 0.5) is 0 Å². The van der Waals surface area contributed by atoms with Gasteiger partial charge in [-0.15, -0.1) is 22.7 Å². The van der Waals surface area contributed by atoms with Crippen LogP contribution in [0.3, 0.4) is 0 Å². The summed E-state index contributed by atoms with van der Waals surface area (Å²) in [5.41, 5.74) is 5.54. The third kappa shape index (κ3) is 4.05. The van der Waals surface area contributed by atoms with Gasteiger partial charge in [-0.2, -0.15) is 0 Å². The molecule has 0 unspecified atom stereocenters. The molecule has 7 nitrogen and oxygen atoms in total. The third-order valence-corrected chi connectivity index (χ3v) is 9.71. The summed E-state index contributed by atoms with van der Waals surface area (Å²) in [6.07, 6.45) is 3.20. The van der Waals surface area contributed by atoms with Crippen LogP contribution in [-0.2, 0) is 0 Å². The van der Waals surface area contributed by atoms with Crippen LogP contribution in [-0.4, -0.2) is 41.3 Å². The fourth-order valence-corrected chi connectivity index (χ4v) is 7.56. The summed E-state index contributed by atoms with van der Waals surface area (Å²) in [5, 5.41) is 0. The number of nitrogens with zero attached hydrogens (tertiary/aromatic N) is 1. The van der Waals surface area contributed by atoms with Crippen LogP contribution < -0.4 is 9.47 Å². The fourth-order valence-electron chi connectivity index (χ4n) is 5.69. The molecule has 0 bridgehead atoms. The molecule has 0 radical (unpaired) electrons. The van der Waals surface area contributed by atoms with Gasteiger partial charge in [-0.25, -0.2) is 4.98 Å². The summed E-state index contributed by atoms with van der Waals surface area (Å²) in [7, 11) is 0. The van der Waals surface area contributed by atoms with Gasteiger partial charge in [0.15, 0.2) is 34.6 Å². The quantitative estimate of drug-likeness (QED) is 0.156. The van der Waals surface area contributed by atoms with Crippen LogP contribution in [0.2, 0.25) is 0 Å². The molecule has 0 spiro atoms. The maximum atomic E-state index is 13.6. The van der Waals surface area contributed by atoms with Crippen LogP contribution in [0.15, 0.2) is 89.5 Å². The Balaban J connectivity index is 1.17. The second-order valence-electron chi connectivity index (χ2n) is 10.3. The number of aromatic nitrogens is 1. The molecule has 1 aliphatic heterocycles. The van der Waals surface area contributed by atoms with E-state index < -0.39 is 0 Å². The Bertz CT molecular complexity index is 2110. The van der Waals surface area contributed by atoms with Crippen molar-refractivity contribution in [1.29, 1.82) is 0 Å². The minimum Gasteiger partial charge on any atom is -0.485 e. The topological polar surface area (TPSA) is 99.6 Å². The molecule has 3 aliphatic rings. The van der Waals surface area contributed by atoms with E-state index in [1.807, 2.05) is 30.3 Å². The molecule has 0 atom stereocenters. The zero-order valence-corrected chi connectivity index (χ0v) is 24.4. The van der Waals surface area contributed by atoms with Crippen molar-refractivity contribution in [2.24, 2.45) is 0 Å². The zero-order valence-electron chi connectivity index (χ0n) is 22.8. The number of benzene rings is 3. The molecular weight excluding hydrogens is 595 g/mol. The molecule has 2 aromatic heterocycles. The van der Waals surface area contributed by atoms with Gasteiger partial charge in [-0.05, 0) is 29.8 Å². The zero-order chi connectivity index (χ0) is 29.9. The van der Waals surface area contributed by atoms with Crippen LogP contribution in [0.5, 0.6) is 11.5 Å². The van der Waals surface area contributed by atoms with Gasteiger partial charge < -0.3 is 9.47 Å². The monoisotopic (exact) mass is 613 g/mol. The van der Waals surface area contributed by atoms with Gasteiger partial charge in [0, 0.05) is 27.8 Å². The van der Waals surface area contributed by atoms with Crippen LogP contribution in [0.1, 0.15) is 51.2 Å². The molecule has 44 heavy (non-hydrogen) atoms. The van der Waals surface area contributed by atoms with E-state index in [4.69, 9.17) is 9.47 Å². The second kappa shape index (κ2) is 10.2. The lowest BCUT2D eigenvalue weighted by Gasteiger charge is -2.17. The lowest BCUT2D eigenvalue weighted by molar-refractivity contribution is 0.0975. The van der Waals surface area contributed by atoms with Crippen molar-refractivity contribution >= 4 is 58.0 Å². The molecule has 3 aromatic carbocycles. The Kier molecular flexibility index (Phi) is 6.11. The van der Waals surface area contributed by atoms with Gasteiger partial charge in [-0.1, -0.05) is 60.7 Å². The molecule has 0 amide bonds. The third-order valence-electron chi connectivity index (χ3n) is 7.78. The Labute approximate surface area is 258 Å². The molecule has 0 N–H and O–H groups in total. The number of hydrogen-bond donors (Lipinski definition) is 0. The maximum absolute atomic E-state index is 13.6. The minimum absolute atomic E-state index is 0.0680. The molecular formula is C35H19NO6S2. The van der Waals surface area contributed by atoms with E-state index in [1.165, 1.54) is 22.7 Å². The number of ether oxygens (including phenoxy) is 2. The van der Waals surface area contributed by atoms with Crippen molar-refractivity contribution in [2.45, 2.75) is 0 Å².